The standard InChI is InChI=1S/C39H38O9/c1-20(2)4-10-27-31(42)13-12-28(38(27)47)39(48)36-29(26-11-9-25(41)19-33(26)44)14-21(3)15-30(36)37-34(45)16-22(17-35(37)46)5-6-23-7-8-24(40)18-32(23)43/h4-9,11-13,15-19,29-30,36,40-47H,10,14H2,1-3H3/b6-5+/t29-,30+,36-/m1/s1. The van der Waals surface area contributed by atoms with Crippen LogP contribution in [0, 0.1) is 5.92 Å². The second-order valence-corrected chi connectivity index (χ2v) is 12.5. The second-order valence-electron chi connectivity index (χ2n) is 12.5. The summed E-state index contributed by atoms with van der Waals surface area (Å²) in [5, 5.41) is 85.3. The summed E-state index contributed by atoms with van der Waals surface area (Å²) in [4.78, 5) is 14.6. The number of Topliss-reactive ketones (excluding diaryl/α,β-unsaturated/α-hetero) is 1. The summed E-state index contributed by atoms with van der Waals surface area (Å²) >= 11 is 0. The van der Waals surface area contributed by atoms with E-state index in [0.717, 1.165) is 11.1 Å². The largest absolute Gasteiger partial charge is 0.508 e. The van der Waals surface area contributed by atoms with E-state index in [4.69, 9.17) is 0 Å². The SMILES string of the molecule is CC(C)=CCc1c(O)ccc(C(=O)[C@H]2[C@@H](c3c(O)cc(/C=C/c4ccc(O)cc4O)cc3O)C=C(C)C[C@@H]2c2ccc(O)cc2O)c1O. The Morgan fingerprint density at radius 3 is 2.02 bits per heavy atom. The van der Waals surface area contributed by atoms with Crippen molar-refractivity contribution in [3.8, 4) is 46.0 Å². The van der Waals surface area contributed by atoms with E-state index in [9.17, 15) is 45.6 Å². The van der Waals surface area contributed by atoms with Crippen LogP contribution in [-0.2, 0) is 6.42 Å². The number of phenols is 8. The number of hydrogen-bond acceptors (Lipinski definition) is 9. The average molecular weight is 651 g/mol. The van der Waals surface area contributed by atoms with Crippen molar-refractivity contribution >= 4 is 17.9 Å². The van der Waals surface area contributed by atoms with Crippen LogP contribution in [-0.4, -0.2) is 46.6 Å². The van der Waals surface area contributed by atoms with Crippen molar-refractivity contribution < 1.29 is 45.6 Å². The lowest BCUT2D eigenvalue weighted by molar-refractivity contribution is 0.0876. The Kier molecular flexibility index (Phi) is 9.43. The molecule has 1 aliphatic carbocycles. The smallest absolute Gasteiger partial charge is 0.171 e. The quantitative estimate of drug-likeness (QED) is 0.0538. The van der Waals surface area contributed by atoms with Gasteiger partial charge in [0.1, 0.15) is 46.0 Å². The van der Waals surface area contributed by atoms with Crippen molar-refractivity contribution in [1.29, 1.82) is 0 Å². The Labute approximate surface area is 278 Å². The van der Waals surface area contributed by atoms with Gasteiger partial charge in [0.2, 0.25) is 0 Å². The summed E-state index contributed by atoms with van der Waals surface area (Å²) in [6.45, 7) is 5.58. The van der Waals surface area contributed by atoms with Gasteiger partial charge in [0.05, 0.1) is 5.56 Å². The van der Waals surface area contributed by atoms with Crippen LogP contribution in [0.15, 0.2) is 84.0 Å². The van der Waals surface area contributed by atoms with Crippen LogP contribution in [0.3, 0.4) is 0 Å². The van der Waals surface area contributed by atoms with Crippen LogP contribution in [0.5, 0.6) is 46.0 Å². The summed E-state index contributed by atoms with van der Waals surface area (Å²) in [5.41, 5.74) is 3.06. The van der Waals surface area contributed by atoms with E-state index in [1.54, 1.807) is 18.2 Å². The molecule has 0 unspecified atom stereocenters. The lowest BCUT2D eigenvalue weighted by Crippen LogP contribution is -2.31. The first-order valence-corrected chi connectivity index (χ1v) is 15.4. The van der Waals surface area contributed by atoms with Crippen molar-refractivity contribution in [2.45, 2.75) is 45.4 Å². The highest BCUT2D eigenvalue weighted by Crippen LogP contribution is 2.53. The molecule has 48 heavy (non-hydrogen) atoms. The fourth-order valence-electron chi connectivity index (χ4n) is 6.41. The molecule has 0 radical (unpaired) electrons. The topological polar surface area (TPSA) is 179 Å². The molecule has 9 heteroatoms. The predicted molar refractivity (Wildman–Crippen MR) is 183 cm³/mol. The van der Waals surface area contributed by atoms with Gasteiger partial charge in [-0.25, -0.2) is 0 Å². The third-order valence-electron chi connectivity index (χ3n) is 8.74. The Balaban J connectivity index is 1.65. The molecule has 3 atom stereocenters. The number of hydrogen-bond donors (Lipinski definition) is 8. The molecular weight excluding hydrogens is 612 g/mol. The number of benzene rings is 4. The number of aromatic hydroxyl groups is 8. The molecule has 4 aromatic rings. The van der Waals surface area contributed by atoms with Gasteiger partial charge >= 0.3 is 0 Å². The molecule has 0 saturated heterocycles. The van der Waals surface area contributed by atoms with E-state index in [1.165, 1.54) is 60.7 Å². The van der Waals surface area contributed by atoms with Crippen LogP contribution < -0.4 is 0 Å². The predicted octanol–water partition coefficient (Wildman–Crippen LogP) is 7.73. The van der Waals surface area contributed by atoms with E-state index in [2.05, 4.69) is 0 Å². The van der Waals surface area contributed by atoms with Crippen molar-refractivity contribution in [3.05, 3.63) is 117 Å². The third kappa shape index (κ3) is 6.80. The van der Waals surface area contributed by atoms with E-state index in [1.807, 2.05) is 26.8 Å². The van der Waals surface area contributed by atoms with Crippen LogP contribution in [0.1, 0.15) is 77.2 Å². The molecule has 0 amide bonds. The summed E-state index contributed by atoms with van der Waals surface area (Å²) in [5.74, 6) is -5.11. The van der Waals surface area contributed by atoms with Gasteiger partial charge in [-0.05, 0) is 87.2 Å². The monoisotopic (exact) mass is 650 g/mol. The molecule has 0 saturated carbocycles. The molecule has 4 aromatic carbocycles. The van der Waals surface area contributed by atoms with Crippen LogP contribution in [0.25, 0.3) is 12.2 Å². The number of phenolic OH excluding ortho intramolecular Hbond substituents is 8. The Hall–Kier alpha value is -5.83. The molecule has 248 valence electrons. The van der Waals surface area contributed by atoms with Crippen molar-refractivity contribution in [2.75, 3.05) is 0 Å². The van der Waals surface area contributed by atoms with Crippen molar-refractivity contribution in [3.63, 3.8) is 0 Å². The van der Waals surface area contributed by atoms with E-state index < -0.39 is 23.5 Å². The minimum atomic E-state index is -1.07. The van der Waals surface area contributed by atoms with Gasteiger partial charge in [-0.15, -0.1) is 0 Å². The first kappa shape index (κ1) is 33.5. The minimum Gasteiger partial charge on any atom is -0.508 e. The van der Waals surface area contributed by atoms with E-state index in [0.29, 0.717) is 23.1 Å². The molecule has 0 spiro atoms. The maximum absolute atomic E-state index is 14.6. The fourth-order valence-corrected chi connectivity index (χ4v) is 6.41. The molecule has 5 rings (SSSR count). The number of allylic oxidation sites excluding steroid dienone is 4. The van der Waals surface area contributed by atoms with Gasteiger partial charge in [-0.3, -0.25) is 4.79 Å². The van der Waals surface area contributed by atoms with Gasteiger partial charge in [-0.1, -0.05) is 41.5 Å². The Morgan fingerprint density at radius 1 is 0.750 bits per heavy atom. The third-order valence-corrected chi connectivity index (χ3v) is 8.74. The summed E-state index contributed by atoms with van der Waals surface area (Å²) in [6.07, 6.45) is 7.17. The van der Waals surface area contributed by atoms with E-state index >= 15 is 0 Å². The molecular formula is C39H38O9. The first-order valence-electron chi connectivity index (χ1n) is 15.4. The lowest BCUT2D eigenvalue weighted by atomic mass is 9.65. The zero-order chi connectivity index (χ0) is 34.9. The molecule has 0 aromatic heterocycles. The maximum Gasteiger partial charge on any atom is 0.171 e. The Bertz CT molecular complexity index is 1960. The normalized spacial score (nSPS) is 17.6. The van der Waals surface area contributed by atoms with Gasteiger partial charge < -0.3 is 40.9 Å². The van der Waals surface area contributed by atoms with Crippen molar-refractivity contribution in [2.24, 2.45) is 5.92 Å². The highest BCUT2D eigenvalue weighted by molar-refractivity contribution is 6.02. The zero-order valence-corrected chi connectivity index (χ0v) is 26.7. The number of carbonyl (C=O) groups excluding carboxylic acids is 1. The maximum atomic E-state index is 14.6. The molecule has 1 aliphatic rings. The average Bonchev–Trinajstić information content (AvgIpc) is 2.99. The molecule has 0 heterocycles. The van der Waals surface area contributed by atoms with Gasteiger partial charge in [0, 0.05) is 46.6 Å². The molecule has 0 aliphatic heterocycles. The second kappa shape index (κ2) is 13.5. The zero-order valence-electron chi connectivity index (χ0n) is 26.7. The molecule has 0 bridgehead atoms. The van der Waals surface area contributed by atoms with Gasteiger partial charge in [0.25, 0.3) is 0 Å². The number of carbonyl (C=O) groups is 1. The van der Waals surface area contributed by atoms with Gasteiger partial charge in [-0.2, -0.15) is 0 Å². The molecule has 0 fully saturated rings. The van der Waals surface area contributed by atoms with E-state index in [-0.39, 0.29) is 69.1 Å². The molecule has 8 N–H and O–H groups in total. The van der Waals surface area contributed by atoms with Crippen molar-refractivity contribution in [1.82, 2.24) is 0 Å². The minimum absolute atomic E-state index is 0.0586. The van der Waals surface area contributed by atoms with Crippen LogP contribution in [0.4, 0.5) is 0 Å². The summed E-state index contributed by atoms with van der Waals surface area (Å²) in [6, 6.07) is 13.7. The Morgan fingerprint density at radius 2 is 1.40 bits per heavy atom. The lowest BCUT2D eigenvalue weighted by Gasteiger charge is -2.37. The first-order chi connectivity index (χ1) is 22.7. The highest BCUT2D eigenvalue weighted by atomic mass is 16.3. The fraction of sp³-hybridized carbons (Fsp3) is 0.205. The number of ketones is 1. The summed E-state index contributed by atoms with van der Waals surface area (Å²) in [7, 11) is 0. The van der Waals surface area contributed by atoms with Gasteiger partial charge in [0.15, 0.2) is 5.78 Å². The highest BCUT2D eigenvalue weighted by Gasteiger charge is 2.43. The molecule has 9 nitrogen and oxygen atoms in total. The van der Waals surface area contributed by atoms with Crippen LogP contribution >= 0.6 is 0 Å². The summed E-state index contributed by atoms with van der Waals surface area (Å²) < 4.78 is 0. The van der Waals surface area contributed by atoms with Crippen LogP contribution in [0.2, 0.25) is 0 Å². The number of rotatable bonds is 8.